The van der Waals surface area contributed by atoms with E-state index in [1.165, 1.54) is 46.8 Å². The predicted molar refractivity (Wildman–Crippen MR) is 118 cm³/mol. The van der Waals surface area contributed by atoms with Gasteiger partial charge in [0, 0.05) is 18.8 Å². The number of anilines is 1. The Balaban J connectivity index is 2.22. The molecule has 9 heteroatoms. The van der Waals surface area contributed by atoms with E-state index in [0.29, 0.717) is 13.1 Å². The van der Waals surface area contributed by atoms with Gasteiger partial charge >= 0.3 is 0 Å². The molecule has 0 saturated carbocycles. The lowest BCUT2D eigenvalue weighted by molar-refractivity contribution is -0.118. The Morgan fingerprint density at radius 2 is 1.68 bits per heavy atom. The van der Waals surface area contributed by atoms with Crippen molar-refractivity contribution in [1.29, 1.82) is 0 Å². The van der Waals surface area contributed by atoms with Crippen molar-refractivity contribution in [3.05, 3.63) is 59.9 Å². The van der Waals surface area contributed by atoms with Crippen LogP contribution in [0.1, 0.15) is 38.1 Å². The lowest BCUT2D eigenvalue weighted by Gasteiger charge is -2.22. The molecule has 2 amide bonds. The van der Waals surface area contributed by atoms with Crippen LogP contribution < -0.4 is 10.6 Å². The van der Waals surface area contributed by atoms with Crippen LogP contribution in [0, 0.1) is 11.7 Å². The molecular weight excluding hydrogens is 421 g/mol. The molecule has 2 rings (SSSR count). The lowest BCUT2D eigenvalue weighted by Crippen LogP contribution is -2.47. The topological polar surface area (TPSA) is 95.6 Å². The highest BCUT2D eigenvalue weighted by molar-refractivity contribution is 7.89. The second-order valence-electron chi connectivity index (χ2n) is 7.28. The summed E-state index contributed by atoms with van der Waals surface area (Å²) in [6.07, 6.45) is 0. The van der Waals surface area contributed by atoms with Crippen LogP contribution in [0.3, 0.4) is 0 Å². The Labute approximate surface area is 182 Å². The monoisotopic (exact) mass is 449 g/mol. The van der Waals surface area contributed by atoms with E-state index in [4.69, 9.17) is 0 Å². The normalized spacial score (nSPS) is 12.6. The number of benzene rings is 2. The number of hydrogen-bond donors (Lipinski definition) is 2. The number of amides is 2. The molecule has 0 fully saturated rings. The Bertz CT molecular complexity index is 1040. The maximum Gasteiger partial charge on any atom is 0.254 e. The zero-order valence-corrected chi connectivity index (χ0v) is 18.9. The molecule has 0 aliphatic carbocycles. The Hall–Kier alpha value is -2.78. The average molecular weight is 450 g/mol. The first-order valence-corrected chi connectivity index (χ1v) is 11.5. The molecule has 0 bridgehead atoms. The van der Waals surface area contributed by atoms with Crippen molar-refractivity contribution < 1.29 is 22.4 Å². The number of carbonyl (C=O) groups is 2. The number of nitrogens with zero attached hydrogens (tertiary/aromatic N) is 1. The molecule has 0 spiro atoms. The molecule has 1 unspecified atom stereocenters. The summed E-state index contributed by atoms with van der Waals surface area (Å²) < 4.78 is 40.7. The molecule has 2 aromatic carbocycles. The number of hydrogen-bond acceptors (Lipinski definition) is 4. The first-order chi connectivity index (χ1) is 14.6. The number of halogens is 1. The van der Waals surface area contributed by atoms with Crippen molar-refractivity contribution in [2.75, 3.05) is 18.4 Å². The highest BCUT2D eigenvalue weighted by atomic mass is 32.2. The van der Waals surface area contributed by atoms with Crippen LogP contribution in [0.2, 0.25) is 0 Å². The number of carbonyl (C=O) groups excluding carboxylic acids is 2. The van der Waals surface area contributed by atoms with E-state index < -0.39 is 33.7 Å². The van der Waals surface area contributed by atoms with E-state index >= 15 is 0 Å². The zero-order valence-electron chi connectivity index (χ0n) is 18.1. The minimum Gasteiger partial charge on any atom is -0.340 e. The summed E-state index contributed by atoms with van der Waals surface area (Å²) in [7, 11) is -3.69. The molecule has 2 N–H and O–H groups in total. The van der Waals surface area contributed by atoms with E-state index in [2.05, 4.69) is 10.6 Å². The van der Waals surface area contributed by atoms with Gasteiger partial charge in [-0.15, -0.1) is 0 Å². The second-order valence-corrected chi connectivity index (χ2v) is 9.22. The van der Waals surface area contributed by atoms with Crippen molar-refractivity contribution in [3.63, 3.8) is 0 Å². The molecule has 0 heterocycles. The fourth-order valence-electron chi connectivity index (χ4n) is 3.07. The van der Waals surface area contributed by atoms with Crippen LogP contribution in [0.5, 0.6) is 0 Å². The number of sulfonamides is 1. The molecule has 31 heavy (non-hydrogen) atoms. The van der Waals surface area contributed by atoms with Gasteiger partial charge in [0.05, 0.1) is 10.5 Å². The van der Waals surface area contributed by atoms with Crippen molar-refractivity contribution in [2.45, 2.75) is 38.6 Å². The molecule has 0 radical (unpaired) electrons. The largest absolute Gasteiger partial charge is 0.340 e. The minimum atomic E-state index is -3.69. The molecule has 0 aromatic heterocycles. The molecule has 1 atom stereocenters. The summed E-state index contributed by atoms with van der Waals surface area (Å²) in [4.78, 5) is 25.3. The van der Waals surface area contributed by atoms with E-state index in [1.54, 1.807) is 33.8 Å². The third-order valence-electron chi connectivity index (χ3n) is 4.80. The lowest BCUT2D eigenvalue weighted by atomic mass is 10.0. The van der Waals surface area contributed by atoms with Crippen molar-refractivity contribution in [3.8, 4) is 0 Å². The number of rotatable bonds is 9. The van der Waals surface area contributed by atoms with Gasteiger partial charge in [-0.1, -0.05) is 45.9 Å². The molecule has 0 aliphatic rings. The van der Waals surface area contributed by atoms with E-state index in [-0.39, 0.29) is 22.1 Å². The van der Waals surface area contributed by atoms with Gasteiger partial charge in [-0.25, -0.2) is 12.8 Å². The van der Waals surface area contributed by atoms with Crippen LogP contribution in [-0.2, 0) is 14.8 Å². The fraction of sp³-hybridized carbons (Fsp3) is 0.364. The van der Waals surface area contributed by atoms with Gasteiger partial charge < -0.3 is 10.6 Å². The highest BCUT2D eigenvalue weighted by Gasteiger charge is 2.27. The van der Waals surface area contributed by atoms with Crippen LogP contribution >= 0.6 is 0 Å². The third-order valence-corrected chi connectivity index (χ3v) is 6.84. The maximum absolute atomic E-state index is 13.9. The van der Waals surface area contributed by atoms with E-state index in [9.17, 15) is 22.4 Å². The quantitative estimate of drug-likeness (QED) is 0.614. The Morgan fingerprint density at radius 1 is 1.03 bits per heavy atom. The van der Waals surface area contributed by atoms with Gasteiger partial charge in [-0.05, 0) is 36.2 Å². The van der Waals surface area contributed by atoms with E-state index in [1.807, 2.05) is 0 Å². The predicted octanol–water partition coefficient (Wildman–Crippen LogP) is 3.25. The third kappa shape index (κ3) is 5.89. The highest BCUT2D eigenvalue weighted by Crippen LogP contribution is 2.20. The zero-order chi connectivity index (χ0) is 23.2. The fourth-order valence-corrected chi connectivity index (χ4v) is 4.57. The maximum atomic E-state index is 13.9. The van der Waals surface area contributed by atoms with Gasteiger partial charge in [-0.3, -0.25) is 9.59 Å². The summed E-state index contributed by atoms with van der Waals surface area (Å²) in [6, 6.07) is 10.5. The van der Waals surface area contributed by atoms with Gasteiger partial charge in [0.15, 0.2) is 0 Å². The molecule has 0 aliphatic heterocycles. The van der Waals surface area contributed by atoms with Crippen LogP contribution in [0.15, 0.2) is 53.4 Å². The van der Waals surface area contributed by atoms with Gasteiger partial charge in [0.1, 0.15) is 11.9 Å². The van der Waals surface area contributed by atoms with Gasteiger partial charge in [-0.2, -0.15) is 4.31 Å². The summed E-state index contributed by atoms with van der Waals surface area (Å²) in [5.74, 6) is -2.21. The van der Waals surface area contributed by atoms with Crippen LogP contribution in [0.25, 0.3) is 0 Å². The first kappa shape index (κ1) is 24.5. The molecule has 0 saturated heterocycles. The molecule has 168 valence electrons. The van der Waals surface area contributed by atoms with Crippen molar-refractivity contribution in [2.24, 2.45) is 5.92 Å². The average Bonchev–Trinajstić information content (AvgIpc) is 2.72. The van der Waals surface area contributed by atoms with Crippen molar-refractivity contribution in [1.82, 2.24) is 9.62 Å². The Morgan fingerprint density at radius 3 is 2.26 bits per heavy atom. The van der Waals surface area contributed by atoms with Crippen molar-refractivity contribution >= 4 is 27.5 Å². The molecule has 7 nitrogen and oxygen atoms in total. The minimum absolute atomic E-state index is 0.0606. The van der Waals surface area contributed by atoms with Gasteiger partial charge in [0.25, 0.3) is 5.91 Å². The number of nitrogens with one attached hydrogen (secondary N) is 2. The molecule has 2 aromatic rings. The summed E-state index contributed by atoms with van der Waals surface area (Å²) >= 11 is 0. The van der Waals surface area contributed by atoms with Gasteiger partial charge in [0.2, 0.25) is 15.9 Å². The standard InChI is InChI=1S/C22H28FN3O4S/c1-5-26(6-2)31(29,30)17-11-9-10-16(14-17)24-22(28)20(15(3)4)25-21(27)18-12-7-8-13-19(18)23/h7-15,20H,5-6H2,1-4H3,(H,24,28)(H,25,27). The summed E-state index contributed by atoms with van der Waals surface area (Å²) in [5.41, 5.74) is 0.122. The smallest absolute Gasteiger partial charge is 0.254 e. The molecular formula is C22H28FN3O4S. The SMILES string of the molecule is CCN(CC)S(=O)(=O)c1cccc(NC(=O)C(NC(=O)c2ccccc2F)C(C)C)c1. The van der Waals surface area contributed by atoms with E-state index in [0.717, 1.165) is 0 Å². The summed E-state index contributed by atoms with van der Waals surface area (Å²) in [5, 5.41) is 5.21. The Kier molecular flexibility index (Phi) is 8.29. The first-order valence-electron chi connectivity index (χ1n) is 10.1. The van der Waals surface area contributed by atoms with Crippen LogP contribution in [0.4, 0.5) is 10.1 Å². The summed E-state index contributed by atoms with van der Waals surface area (Å²) in [6.45, 7) is 7.64. The van der Waals surface area contributed by atoms with Crippen LogP contribution in [-0.4, -0.2) is 43.7 Å². The second kappa shape index (κ2) is 10.5.